The molecule has 0 atom stereocenters. The van der Waals surface area contributed by atoms with Gasteiger partial charge in [0.05, 0.1) is 11.1 Å². The van der Waals surface area contributed by atoms with Crippen LogP contribution >= 0.6 is 0 Å². The SMILES string of the molecule is Cc1c(C(F)(F)F)cnc(C(F)F)c1C(=O)O. The fourth-order valence-corrected chi connectivity index (χ4v) is 1.34. The average Bonchev–Trinajstić information content (AvgIpc) is 2.13. The summed E-state index contributed by atoms with van der Waals surface area (Å²) in [6, 6.07) is 0. The van der Waals surface area contributed by atoms with Gasteiger partial charge < -0.3 is 5.11 Å². The van der Waals surface area contributed by atoms with Crippen LogP contribution in [0, 0.1) is 6.92 Å². The molecule has 1 aromatic heterocycles. The van der Waals surface area contributed by atoms with Crippen LogP contribution in [0.1, 0.15) is 33.6 Å². The minimum Gasteiger partial charge on any atom is -0.478 e. The van der Waals surface area contributed by atoms with Crippen molar-refractivity contribution in [1.29, 1.82) is 0 Å². The van der Waals surface area contributed by atoms with E-state index >= 15 is 0 Å². The highest BCUT2D eigenvalue weighted by molar-refractivity contribution is 5.91. The molecule has 0 fully saturated rings. The number of aromatic carboxylic acids is 1. The van der Waals surface area contributed by atoms with Crippen molar-refractivity contribution in [3.8, 4) is 0 Å². The normalized spacial score (nSPS) is 11.9. The standard InChI is InChI=1S/C9H6F5NO2/c1-3-4(9(12,13)14)2-15-6(7(10)11)5(3)8(16)17/h2,7H,1H3,(H,16,17). The van der Waals surface area contributed by atoms with Gasteiger partial charge in [-0.2, -0.15) is 13.2 Å². The molecule has 0 radical (unpaired) electrons. The molecular weight excluding hydrogens is 249 g/mol. The topological polar surface area (TPSA) is 50.2 Å². The van der Waals surface area contributed by atoms with Crippen LogP contribution in [0.3, 0.4) is 0 Å². The van der Waals surface area contributed by atoms with Gasteiger partial charge in [0.25, 0.3) is 6.43 Å². The molecule has 1 heterocycles. The van der Waals surface area contributed by atoms with Crippen LogP contribution in [0.2, 0.25) is 0 Å². The quantitative estimate of drug-likeness (QED) is 0.826. The van der Waals surface area contributed by atoms with Crippen molar-refractivity contribution in [1.82, 2.24) is 4.98 Å². The Morgan fingerprint density at radius 2 is 1.94 bits per heavy atom. The van der Waals surface area contributed by atoms with E-state index in [0.29, 0.717) is 0 Å². The van der Waals surface area contributed by atoms with E-state index in [1.807, 2.05) is 0 Å². The molecule has 3 nitrogen and oxygen atoms in total. The summed E-state index contributed by atoms with van der Waals surface area (Å²) in [5.41, 5.74) is -4.37. The first-order chi connectivity index (χ1) is 7.66. The second-order valence-electron chi connectivity index (χ2n) is 3.16. The van der Waals surface area contributed by atoms with Crippen molar-refractivity contribution in [3.63, 3.8) is 0 Å². The van der Waals surface area contributed by atoms with Gasteiger partial charge in [-0.25, -0.2) is 13.6 Å². The predicted octanol–water partition coefficient (Wildman–Crippen LogP) is 3.04. The zero-order valence-electron chi connectivity index (χ0n) is 8.35. The van der Waals surface area contributed by atoms with E-state index < -0.39 is 41.0 Å². The highest BCUT2D eigenvalue weighted by atomic mass is 19.4. The molecule has 0 aliphatic carbocycles. The van der Waals surface area contributed by atoms with Gasteiger partial charge in [-0.15, -0.1) is 0 Å². The lowest BCUT2D eigenvalue weighted by Gasteiger charge is -2.14. The summed E-state index contributed by atoms with van der Waals surface area (Å²) >= 11 is 0. The highest BCUT2D eigenvalue weighted by Gasteiger charge is 2.36. The lowest BCUT2D eigenvalue weighted by Crippen LogP contribution is -2.15. The third kappa shape index (κ3) is 2.51. The van der Waals surface area contributed by atoms with E-state index in [2.05, 4.69) is 4.98 Å². The van der Waals surface area contributed by atoms with E-state index in [1.54, 1.807) is 0 Å². The van der Waals surface area contributed by atoms with Crippen LogP contribution in [0.15, 0.2) is 6.20 Å². The molecule has 0 amide bonds. The van der Waals surface area contributed by atoms with Crippen LogP contribution < -0.4 is 0 Å². The summed E-state index contributed by atoms with van der Waals surface area (Å²) in [6.45, 7) is 0.819. The Bertz CT molecular complexity index is 455. The number of halogens is 5. The lowest BCUT2D eigenvalue weighted by atomic mass is 10.0. The lowest BCUT2D eigenvalue weighted by molar-refractivity contribution is -0.138. The first kappa shape index (κ1) is 13.3. The van der Waals surface area contributed by atoms with Gasteiger partial charge in [-0.1, -0.05) is 0 Å². The van der Waals surface area contributed by atoms with Crippen LogP contribution in [-0.2, 0) is 6.18 Å². The Labute approximate surface area is 91.9 Å². The van der Waals surface area contributed by atoms with Crippen LogP contribution in [-0.4, -0.2) is 16.1 Å². The number of nitrogens with zero attached hydrogens (tertiary/aromatic N) is 1. The van der Waals surface area contributed by atoms with E-state index in [4.69, 9.17) is 5.11 Å². The van der Waals surface area contributed by atoms with Crippen LogP contribution in [0.5, 0.6) is 0 Å². The van der Waals surface area contributed by atoms with Gasteiger partial charge in [-0.05, 0) is 12.5 Å². The predicted molar refractivity (Wildman–Crippen MR) is 45.9 cm³/mol. The zero-order chi connectivity index (χ0) is 13.4. The number of rotatable bonds is 2. The molecule has 94 valence electrons. The van der Waals surface area contributed by atoms with Gasteiger partial charge in [0, 0.05) is 6.20 Å². The van der Waals surface area contributed by atoms with E-state index in [9.17, 15) is 26.7 Å². The molecule has 0 bridgehead atoms. The van der Waals surface area contributed by atoms with Crippen molar-refractivity contribution in [2.24, 2.45) is 0 Å². The maximum absolute atomic E-state index is 12.4. The fourth-order valence-electron chi connectivity index (χ4n) is 1.34. The minimum absolute atomic E-state index is 0.212. The molecule has 17 heavy (non-hydrogen) atoms. The molecule has 0 saturated heterocycles. The number of hydrogen-bond acceptors (Lipinski definition) is 2. The summed E-state index contributed by atoms with van der Waals surface area (Å²) < 4.78 is 62.0. The van der Waals surface area contributed by atoms with Crippen molar-refractivity contribution >= 4 is 5.97 Å². The van der Waals surface area contributed by atoms with Crippen molar-refractivity contribution in [2.75, 3.05) is 0 Å². The maximum atomic E-state index is 12.4. The van der Waals surface area contributed by atoms with E-state index in [-0.39, 0.29) is 6.20 Å². The number of pyridine rings is 1. The summed E-state index contributed by atoms with van der Waals surface area (Å²) in [4.78, 5) is 13.6. The summed E-state index contributed by atoms with van der Waals surface area (Å²) in [7, 11) is 0. The second-order valence-corrected chi connectivity index (χ2v) is 3.16. The molecule has 1 aromatic rings. The molecule has 0 aromatic carbocycles. The minimum atomic E-state index is -4.83. The number of carbonyl (C=O) groups is 1. The van der Waals surface area contributed by atoms with Gasteiger partial charge in [-0.3, -0.25) is 4.98 Å². The van der Waals surface area contributed by atoms with E-state index in [1.165, 1.54) is 0 Å². The van der Waals surface area contributed by atoms with E-state index in [0.717, 1.165) is 6.92 Å². The molecule has 8 heteroatoms. The van der Waals surface area contributed by atoms with Crippen molar-refractivity contribution < 1.29 is 31.9 Å². The summed E-state index contributed by atoms with van der Waals surface area (Å²) in [6.07, 6.45) is -7.87. The molecule has 1 N–H and O–H groups in total. The molecule has 0 unspecified atom stereocenters. The molecule has 0 spiro atoms. The zero-order valence-corrected chi connectivity index (χ0v) is 8.35. The molecule has 0 saturated carbocycles. The maximum Gasteiger partial charge on any atom is 0.418 e. The Kier molecular flexibility index (Phi) is 3.35. The number of aromatic nitrogens is 1. The fraction of sp³-hybridized carbons (Fsp3) is 0.333. The van der Waals surface area contributed by atoms with Crippen LogP contribution in [0.25, 0.3) is 0 Å². The number of hydrogen-bond donors (Lipinski definition) is 1. The first-order valence-corrected chi connectivity index (χ1v) is 4.24. The number of carboxylic acids is 1. The Hall–Kier alpha value is -1.73. The Morgan fingerprint density at radius 3 is 2.29 bits per heavy atom. The van der Waals surface area contributed by atoms with Crippen LogP contribution in [0.4, 0.5) is 22.0 Å². The van der Waals surface area contributed by atoms with Gasteiger partial charge >= 0.3 is 12.1 Å². The first-order valence-electron chi connectivity index (χ1n) is 4.24. The van der Waals surface area contributed by atoms with Gasteiger partial charge in [0.15, 0.2) is 0 Å². The molecule has 1 rings (SSSR count). The highest BCUT2D eigenvalue weighted by Crippen LogP contribution is 2.35. The monoisotopic (exact) mass is 255 g/mol. The van der Waals surface area contributed by atoms with Crippen molar-refractivity contribution in [3.05, 3.63) is 28.6 Å². The smallest absolute Gasteiger partial charge is 0.418 e. The van der Waals surface area contributed by atoms with Gasteiger partial charge in [0.1, 0.15) is 5.69 Å². The molecule has 0 aliphatic heterocycles. The number of alkyl halides is 5. The largest absolute Gasteiger partial charge is 0.478 e. The third-order valence-electron chi connectivity index (χ3n) is 2.09. The van der Waals surface area contributed by atoms with Gasteiger partial charge in [0.2, 0.25) is 0 Å². The second kappa shape index (κ2) is 4.27. The summed E-state index contributed by atoms with van der Waals surface area (Å²) in [5.74, 6) is -1.86. The average molecular weight is 255 g/mol. The Morgan fingerprint density at radius 1 is 1.41 bits per heavy atom. The Balaban J connectivity index is 3.56. The third-order valence-corrected chi connectivity index (χ3v) is 2.09. The summed E-state index contributed by atoms with van der Waals surface area (Å²) in [5, 5.41) is 8.64. The molecular formula is C9H6F5NO2. The molecule has 0 aliphatic rings. The number of carboxylic acid groups (broad SMARTS) is 1. The van der Waals surface area contributed by atoms with Crippen molar-refractivity contribution in [2.45, 2.75) is 19.5 Å².